The Morgan fingerprint density at radius 1 is 1.24 bits per heavy atom. The second-order valence-electron chi connectivity index (χ2n) is 7.99. The van der Waals surface area contributed by atoms with Crippen molar-refractivity contribution in [2.24, 2.45) is 5.92 Å². The number of aromatic nitrogens is 1. The minimum absolute atomic E-state index is 0.174. The standard InChI is InChI=1S/C23H34N2O3S/c1-16(2)10-23(26)25(8-7-9-27-6)13-20-15-29-22(24-20)14-28-21-12-17(3)11-18(4)19(21)5/h11-12,15-16H,7-10,13-14H2,1-6H3. The highest BCUT2D eigenvalue weighted by Crippen LogP contribution is 2.25. The normalized spacial score (nSPS) is 11.1. The minimum atomic E-state index is 0.174. The lowest BCUT2D eigenvalue weighted by Crippen LogP contribution is -2.33. The van der Waals surface area contributed by atoms with E-state index >= 15 is 0 Å². The number of thiazole rings is 1. The third kappa shape index (κ3) is 7.44. The smallest absolute Gasteiger partial charge is 0.223 e. The molecule has 0 atom stereocenters. The van der Waals surface area contributed by atoms with E-state index in [1.165, 1.54) is 11.1 Å². The van der Waals surface area contributed by atoms with Crippen LogP contribution in [-0.4, -0.2) is 36.1 Å². The number of benzene rings is 1. The molecule has 0 aliphatic heterocycles. The Labute approximate surface area is 179 Å². The molecule has 2 rings (SSSR count). The van der Waals surface area contributed by atoms with Crippen molar-refractivity contribution >= 4 is 17.2 Å². The summed E-state index contributed by atoms with van der Waals surface area (Å²) in [5.74, 6) is 1.42. The molecule has 29 heavy (non-hydrogen) atoms. The molecule has 0 aliphatic carbocycles. The average molecular weight is 419 g/mol. The highest BCUT2D eigenvalue weighted by Gasteiger charge is 2.17. The third-order valence-electron chi connectivity index (χ3n) is 4.78. The van der Waals surface area contributed by atoms with Crippen LogP contribution in [0.5, 0.6) is 5.75 Å². The quantitative estimate of drug-likeness (QED) is 0.479. The first kappa shape index (κ1) is 23.4. The highest BCUT2D eigenvalue weighted by atomic mass is 32.1. The molecule has 0 saturated heterocycles. The van der Waals surface area contributed by atoms with Gasteiger partial charge in [-0.3, -0.25) is 4.79 Å². The van der Waals surface area contributed by atoms with Gasteiger partial charge in [0.25, 0.3) is 0 Å². The summed E-state index contributed by atoms with van der Waals surface area (Å²) >= 11 is 1.58. The zero-order valence-corrected chi connectivity index (χ0v) is 19.4. The number of carbonyl (C=O) groups is 1. The summed E-state index contributed by atoms with van der Waals surface area (Å²) in [6, 6.07) is 4.23. The number of rotatable bonds is 11. The van der Waals surface area contributed by atoms with Crippen molar-refractivity contribution in [2.45, 2.75) is 60.6 Å². The van der Waals surface area contributed by atoms with E-state index in [9.17, 15) is 4.79 Å². The third-order valence-corrected chi connectivity index (χ3v) is 5.65. The lowest BCUT2D eigenvalue weighted by molar-refractivity contribution is -0.132. The van der Waals surface area contributed by atoms with Crippen LogP contribution in [0.1, 0.15) is 54.1 Å². The summed E-state index contributed by atoms with van der Waals surface area (Å²) in [6.45, 7) is 12.7. The molecule has 160 valence electrons. The Hall–Kier alpha value is -1.92. The first-order chi connectivity index (χ1) is 13.8. The van der Waals surface area contributed by atoms with E-state index in [1.807, 2.05) is 10.3 Å². The molecule has 0 fully saturated rings. The van der Waals surface area contributed by atoms with Crippen LogP contribution in [0.2, 0.25) is 0 Å². The molecular formula is C23H34N2O3S. The van der Waals surface area contributed by atoms with Gasteiger partial charge < -0.3 is 14.4 Å². The van der Waals surface area contributed by atoms with Gasteiger partial charge in [0.15, 0.2) is 0 Å². The first-order valence-electron chi connectivity index (χ1n) is 10.2. The van der Waals surface area contributed by atoms with Gasteiger partial charge in [-0.25, -0.2) is 4.98 Å². The number of carbonyl (C=O) groups excluding carboxylic acids is 1. The predicted octanol–water partition coefficient (Wildman–Crippen LogP) is 5.06. The van der Waals surface area contributed by atoms with Crippen molar-refractivity contribution in [3.05, 3.63) is 44.9 Å². The van der Waals surface area contributed by atoms with Crippen molar-refractivity contribution in [2.75, 3.05) is 20.3 Å². The molecule has 2 aromatic rings. The maximum atomic E-state index is 12.6. The van der Waals surface area contributed by atoms with Crippen molar-refractivity contribution in [1.82, 2.24) is 9.88 Å². The zero-order valence-electron chi connectivity index (χ0n) is 18.6. The van der Waals surface area contributed by atoms with Crippen LogP contribution in [0, 0.1) is 26.7 Å². The van der Waals surface area contributed by atoms with E-state index in [0.717, 1.165) is 28.4 Å². The fraction of sp³-hybridized carbons (Fsp3) is 0.565. The molecule has 0 N–H and O–H groups in total. The van der Waals surface area contributed by atoms with Crippen molar-refractivity contribution in [3.63, 3.8) is 0 Å². The number of hydrogen-bond acceptors (Lipinski definition) is 5. The van der Waals surface area contributed by atoms with Gasteiger partial charge in [-0.15, -0.1) is 11.3 Å². The van der Waals surface area contributed by atoms with E-state index in [-0.39, 0.29) is 5.91 Å². The van der Waals surface area contributed by atoms with Crippen molar-refractivity contribution in [1.29, 1.82) is 0 Å². The largest absolute Gasteiger partial charge is 0.486 e. The van der Waals surface area contributed by atoms with Crippen LogP contribution in [-0.2, 0) is 22.7 Å². The summed E-state index contributed by atoms with van der Waals surface area (Å²) in [6.07, 6.45) is 1.38. The number of methoxy groups -OCH3 is 1. The molecular weight excluding hydrogens is 384 g/mol. The minimum Gasteiger partial charge on any atom is -0.486 e. The molecule has 0 radical (unpaired) electrons. The van der Waals surface area contributed by atoms with Gasteiger partial charge in [0.1, 0.15) is 17.4 Å². The topological polar surface area (TPSA) is 51.7 Å². The fourth-order valence-corrected chi connectivity index (χ4v) is 3.84. The molecule has 0 saturated carbocycles. The van der Waals surface area contributed by atoms with Crippen molar-refractivity contribution < 1.29 is 14.3 Å². The molecule has 0 spiro atoms. The number of nitrogens with zero attached hydrogens (tertiary/aromatic N) is 2. The maximum Gasteiger partial charge on any atom is 0.223 e. The lowest BCUT2D eigenvalue weighted by atomic mass is 10.1. The van der Waals surface area contributed by atoms with Crippen LogP contribution in [0.15, 0.2) is 17.5 Å². The van der Waals surface area contributed by atoms with E-state index in [0.29, 0.717) is 38.6 Å². The van der Waals surface area contributed by atoms with Gasteiger partial charge in [0.05, 0.1) is 12.2 Å². The Morgan fingerprint density at radius 3 is 2.69 bits per heavy atom. The molecule has 6 heteroatoms. The van der Waals surface area contributed by atoms with Crippen LogP contribution < -0.4 is 4.74 Å². The lowest BCUT2D eigenvalue weighted by Gasteiger charge is -2.22. The predicted molar refractivity (Wildman–Crippen MR) is 118 cm³/mol. The molecule has 5 nitrogen and oxygen atoms in total. The number of hydrogen-bond donors (Lipinski definition) is 0. The molecule has 0 unspecified atom stereocenters. The van der Waals surface area contributed by atoms with Gasteiger partial charge in [-0.1, -0.05) is 19.9 Å². The van der Waals surface area contributed by atoms with Crippen LogP contribution in [0.4, 0.5) is 0 Å². The Bertz CT molecular complexity index is 801. The van der Waals surface area contributed by atoms with E-state index in [4.69, 9.17) is 14.5 Å². The Balaban J connectivity index is 2.00. The molecule has 1 amide bonds. The van der Waals surface area contributed by atoms with Crippen LogP contribution in [0.3, 0.4) is 0 Å². The van der Waals surface area contributed by atoms with E-state index in [1.54, 1.807) is 18.4 Å². The van der Waals surface area contributed by atoms with E-state index < -0.39 is 0 Å². The summed E-state index contributed by atoms with van der Waals surface area (Å²) < 4.78 is 11.2. The highest BCUT2D eigenvalue weighted by molar-refractivity contribution is 7.09. The molecule has 1 aromatic heterocycles. The summed E-state index contributed by atoms with van der Waals surface area (Å²) in [5, 5.41) is 2.95. The summed E-state index contributed by atoms with van der Waals surface area (Å²) in [5.41, 5.74) is 4.50. The number of aryl methyl sites for hydroxylation is 2. The molecule has 1 aromatic carbocycles. The molecule has 0 bridgehead atoms. The second kappa shape index (κ2) is 11.3. The monoisotopic (exact) mass is 418 g/mol. The summed E-state index contributed by atoms with van der Waals surface area (Å²) in [7, 11) is 1.68. The molecule has 0 aliphatic rings. The fourth-order valence-electron chi connectivity index (χ4n) is 3.14. The van der Waals surface area contributed by atoms with Crippen LogP contribution >= 0.6 is 11.3 Å². The Kier molecular flexibility index (Phi) is 9.11. The SMILES string of the molecule is COCCCN(Cc1csc(COc2cc(C)cc(C)c2C)n1)C(=O)CC(C)C. The summed E-state index contributed by atoms with van der Waals surface area (Å²) in [4.78, 5) is 19.2. The maximum absolute atomic E-state index is 12.6. The molecule has 1 heterocycles. The van der Waals surface area contributed by atoms with Gasteiger partial charge in [0, 0.05) is 32.1 Å². The second-order valence-corrected chi connectivity index (χ2v) is 8.93. The van der Waals surface area contributed by atoms with Gasteiger partial charge in [-0.05, 0) is 55.9 Å². The number of ether oxygens (including phenoxy) is 2. The van der Waals surface area contributed by atoms with Gasteiger partial charge in [0.2, 0.25) is 5.91 Å². The number of amides is 1. The van der Waals surface area contributed by atoms with Gasteiger partial charge >= 0.3 is 0 Å². The zero-order chi connectivity index (χ0) is 21.4. The van der Waals surface area contributed by atoms with E-state index in [2.05, 4.69) is 46.8 Å². The average Bonchev–Trinajstić information content (AvgIpc) is 3.09. The van der Waals surface area contributed by atoms with Gasteiger partial charge in [-0.2, -0.15) is 0 Å². The first-order valence-corrected chi connectivity index (χ1v) is 11.1. The Morgan fingerprint density at radius 2 is 2.00 bits per heavy atom. The van der Waals surface area contributed by atoms with Crippen molar-refractivity contribution in [3.8, 4) is 5.75 Å². The van der Waals surface area contributed by atoms with Crippen LogP contribution in [0.25, 0.3) is 0 Å².